The number of aryl methyl sites for hydroxylation is 1. The van der Waals surface area contributed by atoms with Gasteiger partial charge >= 0.3 is 0 Å². The maximum atomic E-state index is 12.2. The molecule has 10 heteroatoms. The zero-order valence-corrected chi connectivity index (χ0v) is 17.6. The fourth-order valence-corrected chi connectivity index (χ4v) is 4.75. The van der Waals surface area contributed by atoms with Gasteiger partial charge in [0.1, 0.15) is 5.82 Å². The molecule has 0 unspecified atom stereocenters. The van der Waals surface area contributed by atoms with Crippen molar-refractivity contribution in [2.45, 2.75) is 31.2 Å². The fourth-order valence-electron chi connectivity index (χ4n) is 3.08. The SMILES string of the molecule is CCSc1nnc(NC(=O)CN2CCN(CCn3ccnc3CC)CC2)s1. The standard InChI is InChI=1S/C17H27N7OS2/c1-3-14-18-5-6-24(14)12-11-22-7-9-23(10-8-22)13-15(25)19-16-20-21-17(27-16)26-4-2/h5-6H,3-4,7-13H2,1-2H3,(H,19,20,25). The van der Waals surface area contributed by atoms with E-state index in [0.717, 1.165) is 61.6 Å². The number of hydrogen-bond donors (Lipinski definition) is 1. The second kappa shape index (κ2) is 10.2. The molecular formula is C17H27N7OS2. The summed E-state index contributed by atoms with van der Waals surface area (Å²) in [5.74, 6) is 2.08. The van der Waals surface area contributed by atoms with Crippen LogP contribution in [0.25, 0.3) is 0 Å². The largest absolute Gasteiger partial charge is 0.334 e. The first kappa shape index (κ1) is 20.2. The smallest absolute Gasteiger partial charge is 0.240 e. The molecule has 1 aliphatic rings. The number of carbonyl (C=O) groups excluding carboxylic acids is 1. The molecule has 1 fully saturated rings. The maximum absolute atomic E-state index is 12.2. The van der Waals surface area contributed by atoms with E-state index in [2.05, 4.69) is 54.9 Å². The Labute approximate surface area is 168 Å². The molecule has 0 aromatic carbocycles. The number of amides is 1. The van der Waals surface area contributed by atoms with Crippen molar-refractivity contribution in [1.82, 2.24) is 29.5 Å². The van der Waals surface area contributed by atoms with Gasteiger partial charge in [0, 0.05) is 58.1 Å². The number of imidazole rings is 1. The average molecular weight is 410 g/mol. The summed E-state index contributed by atoms with van der Waals surface area (Å²) in [7, 11) is 0. The van der Waals surface area contributed by atoms with Crippen molar-refractivity contribution in [3.05, 3.63) is 18.2 Å². The molecule has 27 heavy (non-hydrogen) atoms. The van der Waals surface area contributed by atoms with E-state index in [4.69, 9.17) is 0 Å². The zero-order chi connectivity index (χ0) is 19.1. The van der Waals surface area contributed by atoms with Crippen LogP contribution >= 0.6 is 23.1 Å². The molecule has 8 nitrogen and oxygen atoms in total. The molecule has 2 aromatic heterocycles. The van der Waals surface area contributed by atoms with E-state index < -0.39 is 0 Å². The first-order valence-electron chi connectivity index (χ1n) is 9.38. The van der Waals surface area contributed by atoms with E-state index >= 15 is 0 Å². The van der Waals surface area contributed by atoms with E-state index in [1.165, 1.54) is 11.3 Å². The molecular weight excluding hydrogens is 382 g/mol. The highest BCUT2D eigenvalue weighted by atomic mass is 32.2. The van der Waals surface area contributed by atoms with Crippen molar-refractivity contribution >= 4 is 34.1 Å². The van der Waals surface area contributed by atoms with E-state index in [0.29, 0.717) is 11.7 Å². The maximum Gasteiger partial charge on any atom is 0.240 e. The predicted octanol–water partition coefficient (Wildman–Crippen LogP) is 1.67. The summed E-state index contributed by atoms with van der Waals surface area (Å²) < 4.78 is 3.12. The van der Waals surface area contributed by atoms with Crippen LogP contribution in [-0.2, 0) is 17.8 Å². The molecule has 0 radical (unpaired) electrons. The molecule has 0 bridgehead atoms. The number of hydrogen-bond acceptors (Lipinski definition) is 8. The molecule has 1 saturated heterocycles. The van der Waals surface area contributed by atoms with Crippen LogP contribution in [0.4, 0.5) is 5.13 Å². The summed E-state index contributed by atoms with van der Waals surface area (Å²) in [6, 6.07) is 0. The summed E-state index contributed by atoms with van der Waals surface area (Å²) >= 11 is 3.07. The van der Waals surface area contributed by atoms with Crippen molar-refractivity contribution in [3.63, 3.8) is 0 Å². The van der Waals surface area contributed by atoms with Crippen molar-refractivity contribution < 1.29 is 4.79 Å². The summed E-state index contributed by atoms with van der Waals surface area (Å²) in [5.41, 5.74) is 0. The quantitative estimate of drug-likeness (QED) is 0.498. The summed E-state index contributed by atoms with van der Waals surface area (Å²) in [6.07, 6.45) is 4.89. The van der Waals surface area contributed by atoms with Gasteiger partial charge in [-0.2, -0.15) is 0 Å². The van der Waals surface area contributed by atoms with Gasteiger partial charge in [-0.05, 0) is 5.75 Å². The van der Waals surface area contributed by atoms with Gasteiger partial charge in [0.05, 0.1) is 6.54 Å². The Morgan fingerprint density at radius 1 is 1.19 bits per heavy atom. The molecule has 1 N–H and O–H groups in total. The number of nitrogens with zero attached hydrogens (tertiary/aromatic N) is 6. The number of thioether (sulfide) groups is 1. The van der Waals surface area contributed by atoms with E-state index in [9.17, 15) is 4.79 Å². The van der Waals surface area contributed by atoms with Crippen molar-refractivity contribution in [2.75, 3.05) is 50.3 Å². The van der Waals surface area contributed by atoms with Crippen LogP contribution in [-0.4, -0.2) is 80.5 Å². The summed E-state index contributed by atoms with van der Waals surface area (Å²) in [6.45, 7) is 10.4. The third-order valence-electron chi connectivity index (χ3n) is 4.53. The summed E-state index contributed by atoms with van der Waals surface area (Å²) in [4.78, 5) is 21.3. The van der Waals surface area contributed by atoms with Gasteiger partial charge in [-0.25, -0.2) is 4.98 Å². The Kier molecular flexibility index (Phi) is 7.62. The van der Waals surface area contributed by atoms with Crippen LogP contribution in [0.5, 0.6) is 0 Å². The summed E-state index contributed by atoms with van der Waals surface area (Å²) in [5, 5.41) is 11.5. The Balaban J connectivity index is 1.36. The van der Waals surface area contributed by atoms with Gasteiger partial charge < -0.3 is 4.57 Å². The normalized spacial score (nSPS) is 15.9. The lowest BCUT2D eigenvalue weighted by Crippen LogP contribution is -2.49. The highest BCUT2D eigenvalue weighted by Crippen LogP contribution is 2.24. The van der Waals surface area contributed by atoms with Crippen LogP contribution in [0.3, 0.4) is 0 Å². The van der Waals surface area contributed by atoms with Gasteiger partial charge in [-0.15, -0.1) is 10.2 Å². The first-order chi connectivity index (χ1) is 13.2. The predicted molar refractivity (Wildman–Crippen MR) is 109 cm³/mol. The van der Waals surface area contributed by atoms with Crippen LogP contribution < -0.4 is 5.32 Å². The molecule has 148 valence electrons. The van der Waals surface area contributed by atoms with Crippen LogP contribution in [0, 0.1) is 0 Å². The third-order valence-corrected chi connectivity index (χ3v) is 6.38. The van der Waals surface area contributed by atoms with Crippen LogP contribution in [0.15, 0.2) is 16.7 Å². The monoisotopic (exact) mass is 409 g/mol. The Bertz CT molecular complexity index is 724. The minimum Gasteiger partial charge on any atom is -0.334 e. The van der Waals surface area contributed by atoms with Crippen LogP contribution in [0.2, 0.25) is 0 Å². The molecule has 2 aromatic rings. The number of piperazine rings is 1. The number of rotatable bonds is 9. The fraction of sp³-hybridized carbons (Fsp3) is 0.647. The lowest BCUT2D eigenvalue weighted by Gasteiger charge is -2.34. The van der Waals surface area contributed by atoms with Crippen molar-refractivity contribution in [3.8, 4) is 0 Å². The third kappa shape index (κ3) is 6.00. The Morgan fingerprint density at radius 3 is 2.70 bits per heavy atom. The molecule has 0 aliphatic carbocycles. The topological polar surface area (TPSA) is 79.2 Å². The number of aromatic nitrogens is 4. The highest BCUT2D eigenvalue weighted by molar-refractivity contribution is 8.01. The molecule has 0 atom stereocenters. The van der Waals surface area contributed by atoms with Gasteiger partial charge in [-0.1, -0.05) is 36.9 Å². The molecule has 1 aliphatic heterocycles. The second-order valence-corrected chi connectivity index (χ2v) is 8.85. The minimum absolute atomic E-state index is 0.0151. The number of anilines is 1. The second-order valence-electron chi connectivity index (χ2n) is 6.36. The highest BCUT2D eigenvalue weighted by Gasteiger charge is 2.19. The zero-order valence-electron chi connectivity index (χ0n) is 15.9. The van der Waals surface area contributed by atoms with E-state index in [1.54, 1.807) is 11.8 Å². The van der Waals surface area contributed by atoms with Crippen molar-refractivity contribution in [1.29, 1.82) is 0 Å². The van der Waals surface area contributed by atoms with E-state index in [-0.39, 0.29) is 5.91 Å². The lowest BCUT2D eigenvalue weighted by atomic mass is 10.3. The van der Waals surface area contributed by atoms with Gasteiger partial charge in [-0.3, -0.25) is 19.9 Å². The average Bonchev–Trinajstić information content (AvgIpc) is 3.30. The molecule has 0 saturated carbocycles. The molecule has 3 rings (SSSR count). The van der Waals surface area contributed by atoms with Gasteiger partial charge in [0.2, 0.25) is 11.0 Å². The Morgan fingerprint density at radius 2 is 1.96 bits per heavy atom. The van der Waals surface area contributed by atoms with E-state index in [1.807, 2.05) is 6.20 Å². The molecule has 3 heterocycles. The molecule has 0 spiro atoms. The van der Waals surface area contributed by atoms with Crippen molar-refractivity contribution in [2.24, 2.45) is 0 Å². The first-order valence-corrected chi connectivity index (χ1v) is 11.2. The van der Waals surface area contributed by atoms with Crippen LogP contribution in [0.1, 0.15) is 19.7 Å². The Hall–Kier alpha value is -1.49. The number of carbonyl (C=O) groups is 1. The number of nitrogens with one attached hydrogen (secondary N) is 1. The lowest BCUT2D eigenvalue weighted by molar-refractivity contribution is -0.117. The molecule has 1 amide bonds. The minimum atomic E-state index is -0.0151. The van der Waals surface area contributed by atoms with Gasteiger partial charge in [0.25, 0.3) is 0 Å². The van der Waals surface area contributed by atoms with Gasteiger partial charge in [0.15, 0.2) is 4.34 Å².